The number of aromatic carboxylic acids is 1. The molecule has 0 saturated carbocycles. The second-order valence-corrected chi connectivity index (χ2v) is 5.48. The molecule has 3 N–H and O–H groups in total. The van der Waals surface area contributed by atoms with Crippen LogP contribution in [0, 0.1) is 0 Å². The lowest BCUT2D eigenvalue weighted by Gasteiger charge is -2.06. The lowest BCUT2D eigenvalue weighted by atomic mass is 10.2. The van der Waals surface area contributed by atoms with Crippen molar-refractivity contribution in [2.45, 2.75) is 6.42 Å². The highest BCUT2D eigenvalue weighted by Crippen LogP contribution is 2.21. The fourth-order valence-corrected chi connectivity index (χ4v) is 2.54. The lowest BCUT2D eigenvalue weighted by Crippen LogP contribution is -2.25. The number of hydrogen-bond acceptors (Lipinski definition) is 5. The van der Waals surface area contributed by atoms with E-state index >= 15 is 0 Å². The van der Waals surface area contributed by atoms with Crippen molar-refractivity contribution in [2.75, 3.05) is 6.54 Å². The molecule has 110 valence electrons. The van der Waals surface area contributed by atoms with Gasteiger partial charge in [-0.05, 0) is 18.2 Å². The predicted molar refractivity (Wildman–Crippen MR) is 78.2 cm³/mol. The maximum atomic E-state index is 11.9. The molecule has 8 heteroatoms. The molecule has 1 heterocycles. The Morgan fingerprint density at radius 2 is 2.14 bits per heavy atom. The average molecular weight is 327 g/mol. The first kappa shape index (κ1) is 15.3. The monoisotopic (exact) mass is 326 g/mol. The summed E-state index contributed by atoms with van der Waals surface area (Å²) in [6.45, 7) is 0.285. The first-order valence-corrected chi connectivity index (χ1v) is 7.17. The summed E-state index contributed by atoms with van der Waals surface area (Å²) in [7, 11) is 0. The average Bonchev–Trinajstić information content (AvgIpc) is 2.87. The van der Waals surface area contributed by atoms with E-state index in [9.17, 15) is 14.7 Å². The van der Waals surface area contributed by atoms with Gasteiger partial charge in [-0.25, -0.2) is 9.78 Å². The number of nitrogens with one attached hydrogen (secondary N) is 1. The Balaban J connectivity index is 1.90. The zero-order valence-corrected chi connectivity index (χ0v) is 12.2. The molecule has 2 rings (SSSR count). The molecule has 0 bridgehead atoms. The number of benzene rings is 1. The summed E-state index contributed by atoms with van der Waals surface area (Å²) in [4.78, 5) is 26.4. The smallest absolute Gasteiger partial charge is 0.355 e. The molecule has 0 atom stereocenters. The van der Waals surface area contributed by atoms with Gasteiger partial charge in [0.1, 0.15) is 5.75 Å². The second kappa shape index (κ2) is 6.55. The number of rotatable bonds is 5. The fourth-order valence-electron chi connectivity index (χ4n) is 1.60. The number of hydrogen-bond donors (Lipinski definition) is 3. The minimum absolute atomic E-state index is 0.00308. The van der Waals surface area contributed by atoms with Gasteiger partial charge in [0.2, 0.25) is 0 Å². The molecule has 0 unspecified atom stereocenters. The molecule has 6 nitrogen and oxygen atoms in total. The van der Waals surface area contributed by atoms with Crippen LogP contribution in [0.5, 0.6) is 5.75 Å². The highest BCUT2D eigenvalue weighted by Gasteiger charge is 2.12. The highest BCUT2D eigenvalue weighted by molar-refractivity contribution is 7.09. The lowest BCUT2D eigenvalue weighted by molar-refractivity contribution is 0.0690. The molecular formula is C13H11ClN2O4S. The van der Waals surface area contributed by atoms with Crippen LogP contribution < -0.4 is 5.32 Å². The molecule has 0 aliphatic rings. The van der Waals surface area contributed by atoms with Gasteiger partial charge in [-0.3, -0.25) is 4.79 Å². The zero-order chi connectivity index (χ0) is 15.4. The van der Waals surface area contributed by atoms with E-state index in [1.165, 1.54) is 34.9 Å². The summed E-state index contributed by atoms with van der Waals surface area (Å²) in [5, 5.41) is 23.4. The quantitative estimate of drug-likeness (QED) is 0.782. The Bertz CT molecular complexity index is 687. The Morgan fingerprint density at radius 3 is 2.76 bits per heavy atom. The van der Waals surface area contributed by atoms with Crippen LogP contribution in [-0.2, 0) is 6.42 Å². The SMILES string of the molecule is O=C(O)c1csc(CCNC(=O)c2ccc(Cl)cc2O)n1. The first-order chi connectivity index (χ1) is 9.97. The maximum Gasteiger partial charge on any atom is 0.355 e. The number of carboxylic acids is 1. The standard InChI is InChI=1S/C13H11ClN2O4S/c14-7-1-2-8(10(17)5-7)12(18)15-4-3-11-16-9(6-21-11)13(19)20/h1-2,5-6,17H,3-4H2,(H,15,18)(H,19,20). The number of carbonyl (C=O) groups excluding carboxylic acids is 1. The van der Waals surface area contributed by atoms with Crippen molar-refractivity contribution >= 4 is 34.8 Å². The number of aromatic nitrogens is 1. The largest absolute Gasteiger partial charge is 0.507 e. The molecule has 0 aliphatic carbocycles. The summed E-state index contributed by atoms with van der Waals surface area (Å²) in [6, 6.07) is 4.23. The van der Waals surface area contributed by atoms with Gasteiger partial charge in [0.25, 0.3) is 5.91 Å². The Labute approximate surface area is 129 Å². The highest BCUT2D eigenvalue weighted by atomic mass is 35.5. The Kier molecular flexibility index (Phi) is 4.77. The first-order valence-electron chi connectivity index (χ1n) is 5.92. The number of phenolic OH excluding ortho intramolecular Hbond substituents is 1. The van der Waals surface area contributed by atoms with Crippen molar-refractivity contribution in [3.63, 3.8) is 0 Å². The number of halogens is 1. The topological polar surface area (TPSA) is 99.5 Å². The third-order valence-electron chi connectivity index (χ3n) is 2.60. The minimum atomic E-state index is -1.08. The van der Waals surface area contributed by atoms with Crippen LogP contribution in [0.4, 0.5) is 0 Å². The molecule has 0 saturated heterocycles. The van der Waals surface area contributed by atoms with E-state index in [4.69, 9.17) is 16.7 Å². The van der Waals surface area contributed by atoms with Crippen molar-refractivity contribution in [1.29, 1.82) is 0 Å². The number of aromatic hydroxyl groups is 1. The molecule has 2 aromatic rings. The van der Waals surface area contributed by atoms with E-state index in [0.717, 1.165) is 0 Å². The van der Waals surface area contributed by atoms with E-state index in [0.29, 0.717) is 16.5 Å². The summed E-state index contributed by atoms with van der Waals surface area (Å²) >= 11 is 6.91. The van der Waals surface area contributed by atoms with Crippen LogP contribution >= 0.6 is 22.9 Å². The van der Waals surface area contributed by atoms with Gasteiger partial charge in [-0.2, -0.15) is 0 Å². The molecule has 0 spiro atoms. The number of carbonyl (C=O) groups is 2. The number of amides is 1. The van der Waals surface area contributed by atoms with Crippen molar-refractivity contribution in [2.24, 2.45) is 0 Å². The second-order valence-electron chi connectivity index (χ2n) is 4.10. The van der Waals surface area contributed by atoms with Crippen LogP contribution in [0.1, 0.15) is 25.9 Å². The van der Waals surface area contributed by atoms with Crippen LogP contribution in [0.3, 0.4) is 0 Å². The van der Waals surface area contributed by atoms with Crippen LogP contribution in [-0.4, -0.2) is 33.6 Å². The molecule has 1 amide bonds. The Hall–Kier alpha value is -2.12. The van der Waals surface area contributed by atoms with Gasteiger partial charge in [0.15, 0.2) is 5.69 Å². The third kappa shape index (κ3) is 3.93. The van der Waals surface area contributed by atoms with Gasteiger partial charge in [0, 0.05) is 23.4 Å². The summed E-state index contributed by atoms with van der Waals surface area (Å²) in [5.41, 5.74) is 0.126. The van der Waals surface area contributed by atoms with Crippen molar-refractivity contribution in [1.82, 2.24) is 10.3 Å². The fraction of sp³-hybridized carbons (Fsp3) is 0.154. The number of nitrogens with zero attached hydrogens (tertiary/aromatic N) is 1. The molecule has 0 aliphatic heterocycles. The molecule has 1 aromatic heterocycles. The summed E-state index contributed by atoms with van der Waals surface area (Å²) < 4.78 is 0. The van der Waals surface area contributed by atoms with Gasteiger partial charge in [-0.1, -0.05) is 11.6 Å². The number of phenols is 1. The molecule has 21 heavy (non-hydrogen) atoms. The molecule has 0 radical (unpaired) electrons. The molecule has 0 fully saturated rings. The van der Waals surface area contributed by atoms with Crippen LogP contribution in [0.25, 0.3) is 0 Å². The summed E-state index contributed by atoms with van der Waals surface area (Å²) in [6.07, 6.45) is 0.415. The van der Waals surface area contributed by atoms with Crippen LogP contribution in [0.15, 0.2) is 23.6 Å². The van der Waals surface area contributed by atoms with E-state index < -0.39 is 11.9 Å². The third-order valence-corrected chi connectivity index (χ3v) is 3.74. The van der Waals surface area contributed by atoms with Crippen molar-refractivity contribution in [3.8, 4) is 5.75 Å². The van der Waals surface area contributed by atoms with Crippen molar-refractivity contribution < 1.29 is 19.8 Å². The van der Waals surface area contributed by atoms with Gasteiger partial charge < -0.3 is 15.5 Å². The zero-order valence-electron chi connectivity index (χ0n) is 10.7. The molecular weight excluding hydrogens is 316 g/mol. The van der Waals surface area contributed by atoms with Gasteiger partial charge >= 0.3 is 5.97 Å². The predicted octanol–water partition coefficient (Wildman–Crippen LogP) is 2.17. The van der Waals surface area contributed by atoms with Crippen LogP contribution in [0.2, 0.25) is 5.02 Å². The van der Waals surface area contributed by atoms with Gasteiger partial charge in [0.05, 0.1) is 10.6 Å². The minimum Gasteiger partial charge on any atom is -0.507 e. The maximum absolute atomic E-state index is 11.9. The van der Waals surface area contributed by atoms with Crippen molar-refractivity contribution in [3.05, 3.63) is 44.9 Å². The molecule has 1 aromatic carbocycles. The summed E-state index contributed by atoms with van der Waals surface area (Å²) in [5.74, 6) is -1.70. The van der Waals surface area contributed by atoms with E-state index in [-0.39, 0.29) is 23.6 Å². The number of thiazole rings is 1. The normalized spacial score (nSPS) is 10.3. The Morgan fingerprint density at radius 1 is 1.38 bits per heavy atom. The van der Waals surface area contributed by atoms with E-state index in [1.807, 2.05) is 0 Å². The van der Waals surface area contributed by atoms with Gasteiger partial charge in [-0.15, -0.1) is 11.3 Å². The van der Waals surface area contributed by atoms with E-state index in [1.54, 1.807) is 0 Å². The number of carboxylic acid groups (broad SMARTS) is 1. The van der Waals surface area contributed by atoms with E-state index in [2.05, 4.69) is 10.3 Å².